The van der Waals surface area contributed by atoms with Crippen molar-refractivity contribution in [1.82, 2.24) is 0 Å². The third-order valence-electron chi connectivity index (χ3n) is 2.12. The molecule has 4 heteroatoms. The van der Waals surface area contributed by atoms with E-state index in [4.69, 9.17) is 5.11 Å². The molecule has 2 atom stereocenters. The molecule has 0 saturated carbocycles. The Bertz CT molecular complexity index is 258. The van der Waals surface area contributed by atoms with Crippen molar-refractivity contribution in [2.24, 2.45) is 0 Å². The Morgan fingerprint density at radius 2 is 2.08 bits per heavy atom. The minimum absolute atomic E-state index is 0.0869. The van der Waals surface area contributed by atoms with Crippen LogP contribution in [0.1, 0.15) is 13.3 Å². The third kappa shape index (κ3) is 1.77. The first-order chi connectivity index (χ1) is 6.11. The molecule has 13 heavy (non-hydrogen) atoms. The van der Waals surface area contributed by atoms with Gasteiger partial charge in [-0.2, -0.15) is 0 Å². The van der Waals surface area contributed by atoms with E-state index in [1.807, 2.05) is 0 Å². The number of allylic oxidation sites excluding steroid dienone is 3. The molecule has 74 valence electrons. The van der Waals surface area contributed by atoms with Crippen LogP contribution in [0.4, 0.5) is 13.2 Å². The highest BCUT2D eigenvalue weighted by Crippen LogP contribution is 2.31. The molecule has 0 aromatic rings. The normalized spacial score (nSPS) is 29.2. The first-order valence-corrected chi connectivity index (χ1v) is 4.10. The predicted molar refractivity (Wildman–Crippen MR) is 43.4 cm³/mol. The summed E-state index contributed by atoms with van der Waals surface area (Å²) >= 11 is 0. The summed E-state index contributed by atoms with van der Waals surface area (Å²) < 4.78 is 38.8. The van der Waals surface area contributed by atoms with Crippen molar-refractivity contribution in [2.75, 3.05) is 6.61 Å². The van der Waals surface area contributed by atoms with Gasteiger partial charge in [0.15, 0.2) is 12.3 Å². The second-order valence-corrected chi connectivity index (χ2v) is 2.88. The highest BCUT2D eigenvalue weighted by atomic mass is 19.2. The summed E-state index contributed by atoms with van der Waals surface area (Å²) in [5, 5.41) is 8.74. The van der Waals surface area contributed by atoms with Gasteiger partial charge in [-0.25, -0.2) is 13.2 Å². The van der Waals surface area contributed by atoms with E-state index < -0.39 is 24.8 Å². The van der Waals surface area contributed by atoms with Gasteiger partial charge in [0.25, 0.3) is 0 Å². The van der Waals surface area contributed by atoms with E-state index in [0.717, 1.165) is 0 Å². The van der Waals surface area contributed by atoms with Crippen LogP contribution in [0.2, 0.25) is 0 Å². The van der Waals surface area contributed by atoms with Gasteiger partial charge in [0, 0.05) is 0 Å². The lowest BCUT2D eigenvalue weighted by Gasteiger charge is -2.21. The zero-order chi connectivity index (χ0) is 10.0. The first-order valence-electron chi connectivity index (χ1n) is 4.10. The molecule has 1 unspecified atom stereocenters. The molecule has 0 heterocycles. The van der Waals surface area contributed by atoms with Crippen LogP contribution < -0.4 is 0 Å². The lowest BCUT2D eigenvalue weighted by molar-refractivity contribution is 0.201. The molecule has 0 amide bonds. The summed E-state index contributed by atoms with van der Waals surface area (Å²) in [5.74, 6) is -0.757. The van der Waals surface area contributed by atoms with Gasteiger partial charge in [-0.15, -0.1) is 0 Å². The summed E-state index contributed by atoms with van der Waals surface area (Å²) in [4.78, 5) is 0. The van der Waals surface area contributed by atoms with Crippen molar-refractivity contribution in [2.45, 2.75) is 25.7 Å². The highest BCUT2D eigenvalue weighted by Gasteiger charge is 2.30. The monoisotopic (exact) mass is 192 g/mol. The topological polar surface area (TPSA) is 20.2 Å². The van der Waals surface area contributed by atoms with Crippen molar-refractivity contribution in [3.05, 3.63) is 23.0 Å². The lowest BCUT2D eigenvalue weighted by atomic mass is 9.93. The van der Waals surface area contributed by atoms with E-state index in [0.29, 0.717) is 6.08 Å². The SMILES string of the molecule is CCC1=C(CO)[C@@H](F)C(F)C=C1F. The molecular formula is C9H11F3O. The Labute approximate surface area is 74.6 Å². The second kappa shape index (κ2) is 3.96. The quantitative estimate of drug-likeness (QED) is 0.711. The van der Waals surface area contributed by atoms with Crippen LogP contribution in [0.5, 0.6) is 0 Å². The van der Waals surface area contributed by atoms with E-state index in [1.165, 1.54) is 0 Å². The summed E-state index contributed by atoms with van der Waals surface area (Å²) in [6.45, 7) is 0.996. The van der Waals surface area contributed by atoms with E-state index in [-0.39, 0.29) is 17.6 Å². The zero-order valence-electron chi connectivity index (χ0n) is 7.23. The number of hydrogen-bond acceptors (Lipinski definition) is 1. The Hall–Kier alpha value is -0.770. The van der Waals surface area contributed by atoms with Crippen LogP contribution in [0, 0.1) is 0 Å². The third-order valence-corrected chi connectivity index (χ3v) is 2.12. The number of aliphatic hydroxyl groups excluding tert-OH is 1. The fraction of sp³-hybridized carbons (Fsp3) is 0.556. The maximum absolute atomic E-state index is 13.0. The van der Waals surface area contributed by atoms with Gasteiger partial charge in [-0.05, 0) is 23.6 Å². The predicted octanol–water partition coefficient (Wildman–Crippen LogP) is 2.23. The minimum atomic E-state index is -1.97. The van der Waals surface area contributed by atoms with Crippen LogP contribution in [-0.2, 0) is 0 Å². The number of rotatable bonds is 2. The molecule has 0 fully saturated rings. The Balaban J connectivity index is 3.07. The molecule has 0 aromatic heterocycles. The van der Waals surface area contributed by atoms with Gasteiger partial charge in [0.05, 0.1) is 6.61 Å². The van der Waals surface area contributed by atoms with Crippen molar-refractivity contribution >= 4 is 0 Å². The van der Waals surface area contributed by atoms with Crippen molar-refractivity contribution in [3.63, 3.8) is 0 Å². The molecule has 1 aliphatic rings. The van der Waals surface area contributed by atoms with Gasteiger partial charge >= 0.3 is 0 Å². The van der Waals surface area contributed by atoms with E-state index >= 15 is 0 Å². The standard InChI is InChI=1S/C9H11F3O/c1-2-5-6(4-13)9(12)8(11)3-7(5)10/h3,8-9,13H,2,4H2,1H3/t8?,9-/m1/s1. The maximum Gasteiger partial charge on any atom is 0.159 e. The molecule has 1 N–H and O–H groups in total. The van der Waals surface area contributed by atoms with Gasteiger partial charge in [0.2, 0.25) is 0 Å². The van der Waals surface area contributed by atoms with Gasteiger partial charge in [0.1, 0.15) is 5.83 Å². The molecule has 1 rings (SSSR count). The smallest absolute Gasteiger partial charge is 0.159 e. The number of halogens is 3. The molecule has 0 aliphatic heterocycles. The molecule has 0 saturated heterocycles. The molecule has 0 aromatic carbocycles. The van der Waals surface area contributed by atoms with Crippen molar-refractivity contribution < 1.29 is 18.3 Å². The summed E-state index contributed by atoms with van der Waals surface area (Å²) in [6.07, 6.45) is -3.01. The van der Waals surface area contributed by atoms with Crippen molar-refractivity contribution in [3.8, 4) is 0 Å². The van der Waals surface area contributed by atoms with E-state index in [9.17, 15) is 13.2 Å². The Morgan fingerprint density at radius 1 is 1.46 bits per heavy atom. The molecule has 1 aliphatic carbocycles. The van der Waals surface area contributed by atoms with Crippen LogP contribution in [-0.4, -0.2) is 24.1 Å². The fourth-order valence-corrected chi connectivity index (χ4v) is 1.42. The maximum atomic E-state index is 13.0. The van der Waals surface area contributed by atoms with Crippen LogP contribution in [0.3, 0.4) is 0 Å². The highest BCUT2D eigenvalue weighted by molar-refractivity contribution is 5.39. The number of alkyl halides is 2. The average molecular weight is 192 g/mol. The molecule has 1 nitrogen and oxygen atoms in total. The van der Waals surface area contributed by atoms with Crippen LogP contribution >= 0.6 is 0 Å². The summed E-state index contributed by atoms with van der Waals surface area (Å²) in [7, 11) is 0. The van der Waals surface area contributed by atoms with Crippen LogP contribution in [0.25, 0.3) is 0 Å². The molecule has 0 spiro atoms. The van der Waals surface area contributed by atoms with Gasteiger partial charge in [-0.1, -0.05) is 6.92 Å². The zero-order valence-corrected chi connectivity index (χ0v) is 7.23. The lowest BCUT2D eigenvalue weighted by Crippen LogP contribution is -2.25. The van der Waals surface area contributed by atoms with Gasteiger partial charge < -0.3 is 5.11 Å². The minimum Gasteiger partial charge on any atom is -0.392 e. The van der Waals surface area contributed by atoms with Crippen molar-refractivity contribution in [1.29, 1.82) is 0 Å². The Morgan fingerprint density at radius 3 is 2.54 bits per heavy atom. The molecular weight excluding hydrogens is 181 g/mol. The second-order valence-electron chi connectivity index (χ2n) is 2.88. The first kappa shape index (κ1) is 10.3. The molecule has 0 radical (unpaired) electrons. The van der Waals surface area contributed by atoms with E-state index in [1.54, 1.807) is 6.92 Å². The summed E-state index contributed by atoms with van der Waals surface area (Å²) in [6, 6.07) is 0. The largest absolute Gasteiger partial charge is 0.392 e. The van der Waals surface area contributed by atoms with Crippen LogP contribution in [0.15, 0.2) is 23.0 Å². The van der Waals surface area contributed by atoms with E-state index in [2.05, 4.69) is 0 Å². The molecule has 0 bridgehead atoms. The number of hydrogen-bond donors (Lipinski definition) is 1. The van der Waals surface area contributed by atoms with Gasteiger partial charge in [-0.3, -0.25) is 0 Å². The fourth-order valence-electron chi connectivity index (χ4n) is 1.42. The number of aliphatic hydroxyl groups is 1. The average Bonchev–Trinajstić information content (AvgIpc) is 2.10. The Kier molecular flexibility index (Phi) is 3.14. The summed E-state index contributed by atoms with van der Waals surface area (Å²) in [5.41, 5.74) is -0.0844.